The molecule has 0 radical (unpaired) electrons. The first-order valence-electron chi connectivity index (χ1n) is 6.65. The predicted octanol–water partition coefficient (Wildman–Crippen LogP) is 2.12. The summed E-state index contributed by atoms with van der Waals surface area (Å²) < 4.78 is 1.47. The summed E-state index contributed by atoms with van der Waals surface area (Å²) in [7, 11) is 0. The minimum atomic E-state index is -1.19. The molecule has 3 rings (SSSR count). The summed E-state index contributed by atoms with van der Waals surface area (Å²) in [4.78, 5) is 15.3. The number of nitrogens with zero attached hydrogens (tertiary/aromatic N) is 3. The van der Waals surface area contributed by atoms with Crippen LogP contribution in [0.4, 0.5) is 0 Å². The number of carboxylic acid groups (broad SMARTS) is 1. The van der Waals surface area contributed by atoms with E-state index in [-0.39, 0.29) is 12.4 Å². The molecule has 6 nitrogen and oxygen atoms in total. The molecule has 6 heteroatoms. The number of carboxylic acids is 1. The van der Waals surface area contributed by atoms with E-state index in [1.807, 2.05) is 30.3 Å². The third-order valence-corrected chi connectivity index (χ3v) is 3.17. The van der Waals surface area contributed by atoms with Gasteiger partial charge >= 0.3 is 5.97 Å². The summed E-state index contributed by atoms with van der Waals surface area (Å²) in [6, 6.07) is 16.3. The molecule has 2 N–H and O–H groups in total. The third kappa shape index (κ3) is 2.59. The lowest BCUT2D eigenvalue weighted by Crippen LogP contribution is -2.03. The zero-order chi connectivity index (χ0) is 15.5. The number of hydrogen-bond acceptors (Lipinski definition) is 4. The van der Waals surface area contributed by atoms with Crippen LogP contribution in [0, 0.1) is 0 Å². The van der Waals surface area contributed by atoms with Gasteiger partial charge in [-0.25, -0.2) is 14.5 Å². The highest BCUT2D eigenvalue weighted by Crippen LogP contribution is 2.21. The van der Waals surface area contributed by atoms with E-state index >= 15 is 0 Å². The van der Waals surface area contributed by atoms with E-state index in [4.69, 9.17) is 5.11 Å². The van der Waals surface area contributed by atoms with Crippen LogP contribution >= 0.6 is 0 Å². The van der Waals surface area contributed by atoms with Crippen LogP contribution in [0.25, 0.3) is 17.1 Å². The third-order valence-electron chi connectivity index (χ3n) is 3.17. The van der Waals surface area contributed by atoms with Gasteiger partial charge in [0.25, 0.3) is 5.82 Å². The Morgan fingerprint density at radius 3 is 2.55 bits per heavy atom. The standard InChI is InChI=1S/C16H13N3O3/c20-10-11-5-4-8-13(9-11)19-15(12-6-2-1-3-7-12)17-14(18-19)16(21)22/h1-9,20H,10H2,(H,21,22). The molecule has 0 atom stereocenters. The van der Waals surface area contributed by atoms with E-state index in [2.05, 4.69) is 10.1 Å². The highest BCUT2D eigenvalue weighted by Gasteiger charge is 2.17. The Bertz CT molecular complexity index is 813. The first kappa shape index (κ1) is 14.0. The average molecular weight is 295 g/mol. The van der Waals surface area contributed by atoms with E-state index in [1.165, 1.54) is 4.68 Å². The molecule has 1 heterocycles. The first-order chi connectivity index (χ1) is 10.7. The van der Waals surface area contributed by atoms with Crippen LogP contribution in [0.1, 0.15) is 16.2 Å². The molecule has 0 bridgehead atoms. The van der Waals surface area contributed by atoms with Crippen molar-refractivity contribution in [2.24, 2.45) is 0 Å². The fraction of sp³-hybridized carbons (Fsp3) is 0.0625. The average Bonchev–Trinajstić information content (AvgIpc) is 3.01. The van der Waals surface area contributed by atoms with Gasteiger partial charge in [-0.3, -0.25) is 0 Å². The summed E-state index contributed by atoms with van der Waals surface area (Å²) in [5.41, 5.74) is 2.12. The van der Waals surface area contributed by atoms with Crippen LogP contribution in [0.15, 0.2) is 54.6 Å². The van der Waals surface area contributed by atoms with E-state index in [1.54, 1.807) is 24.3 Å². The van der Waals surface area contributed by atoms with Crippen molar-refractivity contribution >= 4 is 5.97 Å². The normalized spacial score (nSPS) is 10.6. The number of carbonyl (C=O) groups is 1. The van der Waals surface area contributed by atoms with Crippen molar-refractivity contribution in [3.63, 3.8) is 0 Å². The van der Waals surface area contributed by atoms with E-state index in [0.29, 0.717) is 17.1 Å². The maximum atomic E-state index is 11.2. The molecular formula is C16H13N3O3. The number of aliphatic hydroxyl groups is 1. The SMILES string of the molecule is O=C(O)c1nc(-c2ccccc2)n(-c2cccc(CO)c2)n1. The maximum absolute atomic E-state index is 11.2. The molecule has 0 spiro atoms. The Kier molecular flexibility index (Phi) is 3.67. The molecule has 0 aliphatic heterocycles. The van der Waals surface area contributed by atoms with Crippen LogP contribution in [0.3, 0.4) is 0 Å². The Labute approximate surface area is 126 Å². The molecular weight excluding hydrogens is 282 g/mol. The molecule has 0 fully saturated rings. The van der Waals surface area contributed by atoms with Gasteiger partial charge in [0.1, 0.15) is 0 Å². The Morgan fingerprint density at radius 1 is 1.09 bits per heavy atom. The minimum Gasteiger partial charge on any atom is -0.475 e. The molecule has 3 aromatic rings. The predicted molar refractivity (Wildman–Crippen MR) is 79.7 cm³/mol. The van der Waals surface area contributed by atoms with Crippen molar-refractivity contribution in [1.82, 2.24) is 14.8 Å². The Balaban J connectivity index is 2.19. The summed E-state index contributed by atoms with van der Waals surface area (Å²) in [5.74, 6) is -1.02. The highest BCUT2D eigenvalue weighted by atomic mass is 16.4. The van der Waals surface area contributed by atoms with Crippen LogP contribution in [0.2, 0.25) is 0 Å². The number of rotatable bonds is 4. The number of aromatic carboxylic acids is 1. The van der Waals surface area contributed by atoms with Gasteiger partial charge in [-0.05, 0) is 17.7 Å². The Hall–Kier alpha value is -2.99. The van der Waals surface area contributed by atoms with Gasteiger partial charge in [0, 0.05) is 5.56 Å². The molecule has 1 aromatic heterocycles. The summed E-state index contributed by atoms with van der Waals surface area (Å²) >= 11 is 0. The second kappa shape index (κ2) is 5.79. The molecule has 0 unspecified atom stereocenters. The van der Waals surface area contributed by atoms with Gasteiger partial charge in [-0.15, -0.1) is 5.10 Å². The molecule has 0 aliphatic rings. The number of hydrogen-bond donors (Lipinski definition) is 2. The van der Waals surface area contributed by atoms with E-state index in [0.717, 1.165) is 5.56 Å². The zero-order valence-electron chi connectivity index (χ0n) is 11.5. The van der Waals surface area contributed by atoms with Gasteiger partial charge in [-0.2, -0.15) is 0 Å². The minimum absolute atomic E-state index is 0.102. The monoisotopic (exact) mass is 295 g/mol. The fourth-order valence-electron chi connectivity index (χ4n) is 2.14. The molecule has 0 saturated heterocycles. The number of aliphatic hydroxyl groups excluding tert-OH is 1. The lowest BCUT2D eigenvalue weighted by Gasteiger charge is -2.07. The second-order valence-corrected chi connectivity index (χ2v) is 4.67. The van der Waals surface area contributed by atoms with Gasteiger partial charge in [-0.1, -0.05) is 42.5 Å². The summed E-state index contributed by atoms with van der Waals surface area (Å²) in [6.07, 6.45) is 0. The fourth-order valence-corrected chi connectivity index (χ4v) is 2.14. The maximum Gasteiger partial charge on any atom is 0.375 e. The van der Waals surface area contributed by atoms with Crippen LogP contribution in [-0.4, -0.2) is 30.9 Å². The second-order valence-electron chi connectivity index (χ2n) is 4.67. The van der Waals surface area contributed by atoms with Crippen molar-refractivity contribution in [2.45, 2.75) is 6.61 Å². The first-order valence-corrected chi connectivity index (χ1v) is 6.65. The quantitative estimate of drug-likeness (QED) is 0.769. The van der Waals surface area contributed by atoms with Crippen LogP contribution in [-0.2, 0) is 6.61 Å². The van der Waals surface area contributed by atoms with Gasteiger partial charge in [0.2, 0.25) is 0 Å². The van der Waals surface area contributed by atoms with Gasteiger partial charge < -0.3 is 10.2 Å². The molecule has 2 aromatic carbocycles. The van der Waals surface area contributed by atoms with Gasteiger partial charge in [0.05, 0.1) is 12.3 Å². The van der Waals surface area contributed by atoms with Crippen LogP contribution in [0.5, 0.6) is 0 Å². The van der Waals surface area contributed by atoms with Crippen molar-refractivity contribution in [2.75, 3.05) is 0 Å². The number of benzene rings is 2. The molecule has 0 saturated carbocycles. The largest absolute Gasteiger partial charge is 0.475 e. The molecule has 0 aliphatic carbocycles. The summed E-state index contributed by atoms with van der Waals surface area (Å²) in [5, 5.41) is 22.4. The lowest BCUT2D eigenvalue weighted by molar-refractivity contribution is 0.0683. The van der Waals surface area contributed by atoms with Gasteiger partial charge in [0.15, 0.2) is 5.82 Å². The molecule has 110 valence electrons. The Morgan fingerprint density at radius 2 is 1.86 bits per heavy atom. The molecule has 22 heavy (non-hydrogen) atoms. The lowest BCUT2D eigenvalue weighted by atomic mass is 10.2. The van der Waals surface area contributed by atoms with Crippen molar-refractivity contribution < 1.29 is 15.0 Å². The van der Waals surface area contributed by atoms with Crippen molar-refractivity contribution in [3.8, 4) is 17.1 Å². The number of aromatic nitrogens is 3. The topological polar surface area (TPSA) is 88.2 Å². The van der Waals surface area contributed by atoms with Crippen LogP contribution < -0.4 is 0 Å². The summed E-state index contributed by atoms with van der Waals surface area (Å²) in [6.45, 7) is -0.102. The van der Waals surface area contributed by atoms with E-state index in [9.17, 15) is 9.90 Å². The highest BCUT2D eigenvalue weighted by molar-refractivity contribution is 5.84. The molecule has 0 amide bonds. The zero-order valence-corrected chi connectivity index (χ0v) is 11.5. The van der Waals surface area contributed by atoms with E-state index < -0.39 is 5.97 Å². The van der Waals surface area contributed by atoms with Crippen molar-refractivity contribution in [1.29, 1.82) is 0 Å². The smallest absolute Gasteiger partial charge is 0.375 e. The van der Waals surface area contributed by atoms with Crippen molar-refractivity contribution in [3.05, 3.63) is 66.0 Å².